The van der Waals surface area contributed by atoms with E-state index in [2.05, 4.69) is 10.6 Å². The topological polar surface area (TPSA) is 98.7 Å². The van der Waals surface area contributed by atoms with Crippen molar-refractivity contribution in [2.24, 2.45) is 0 Å². The number of fused-ring (bicyclic) bond motifs is 2. The van der Waals surface area contributed by atoms with Crippen molar-refractivity contribution in [3.63, 3.8) is 0 Å². The lowest BCUT2D eigenvalue weighted by Gasteiger charge is -2.48. The summed E-state index contributed by atoms with van der Waals surface area (Å²) in [5.74, 6) is -1.31. The predicted octanol–water partition coefficient (Wildman–Crippen LogP) is 1.68. The van der Waals surface area contributed by atoms with Crippen LogP contribution in [0.4, 0.5) is 5.69 Å². The second-order valence-corrected chi connectivity index (χ2v) is 7.93. The molecule has 2 aliphatic heterocycles. The number of β-lactam (4-membered cyclic amide) rings is 1. The van der Waals surface area contributed by atoms with Crippen LogP contribution in [-0.2, 0) is 14.4 Å². The van der Waals surface area contributed by atoms with Crippen LogP contribution in [0, 0.1) is 0 Å². The van der Waals surface area contributed by atoms with Gasteiger partial charge in [-0.25, -0.2) is 4.79 Å². The van der Waals surface area contributed by atoms with E-state index in [0.29, 0.717) is 5.75 Å². The standard InChI is InChI=1S/C17H15N3O4S2/c21-13(7-18-10-8-26-12-4-2-1-3-9(10)12)19-14-15(22)20-11(17(23)24)5-6-25-16(14)20/h1-5,8,14,16,18H,6-7H2,(H,19,21)(H,23,24)/t14?,16-/m0/s1. The van der Waals surface area contributed by atoms with E-state index in [9.17, 15) is 14.4 Å². The molecular formula is C17H15N3O4S2. The molecule has 0 radical (unpaired) electrons. The number of carbonyl (C=O) groups excluding carboxylic acids is 2. The minimum absolute atomic E-state index is 0.00730. The number of carboxylic acid groups (broad SMARTS) is 1. The van der Waals surface area contributed by atoms with E-state index in [1.54, 1.807) is 11.3 Å². The van der Waals surface area contributed by atoms with Crippen LogP contribution >= 0.6 is 23.1 Å². The Hall–Kier alpha value is -2.52. The van der Waals surface area contributed by atoms with Crippen molar-refractivity contribution in [2.45, 2.75) is 11.4 Å². The Balaban J connectivity index is 1.37. The SMILES string of the molecule is O=C(CNc1csc2ccccc12)NC1C(=O)N2C(C(=O)O)=CCS[C@@H]12. The minimum atomic E-state index is -1.13. The second-order valence-electron chi connectivity index (χ2n) is 5.87. The highest BCUT2D eigenvalue weighted by Gasteiger charge is 2.52. The molecule has 9 heteroatoms. The maximum atomic E-state index is 12.2. The number of anilines is 1. The average Bonchev–Trinajstić information content (AvgIpc) is 3.06. The highest BCUT2D eigenvalue weighted by molar-refractivity contribution is 8.00. The Morgan fingerprint density at radius 1 is 1.31 bits per heavy atom. The van der Waals surface area contributed by atoms with Crippen molar-refractivity contribution >= 4 is 56.7 Å². The number of nitrogens with one attached hydrogen (secondary N) is 2. The van der Waals surface area contributed by atoms with Crippen LogP contribution in [0.25, 0.3) is 10.1 Å². The third-order valence-electron chi connectivity index (χ3n) is 4.30. The Morgan fingerprint density at radius 3 is 2.92 bits per heavy atom. The smallest absolute Gasteiger partial charge is 0.352 e. The van der Waals surface area contributed by atoms with Crippen molar-refractivity contribution < 1.29 is 19.5 Å². The van der Waals surface area contributed by atoms with E-state index < -0.39 is 12.0 Å². The van der Waals surface area contributed by atoms with Gasteiger partial charge in [-0.15, -0.1) is 23.1 Å². The van der Waals surface area contributed by atoms with Gasteiger partial charge in [0.05, 0.1) is 12.2 Å². The quantitative estimate of drug-likeness (QED) is 0.673. The number of amides is 2. The fraction of sp³-hybridized carbons (Fsp3) is 0.235. The van der Waals surface area contributed by atoms with Gasteiger partial charge in [0.1, 0.15) is 17.1 Å². The summed E-state index contributed by atoms with van der Waals surface area (Å²) >= 11 is 3.03. The molecule has 1 aromatic heterocycles. The highest BCUT2D eigenvalue weighted by atomic mass is 32.2. The molecule has 26 heavy (non-hydrogen) atoms. The molecule has 0 aliphatic carbocycles. The molecule has 2 amide bonds. The van der Waals surface area contributed by atoms with Gasteiger partial charge in [0.15, 0.2) is 0 Å². The van der Waals surface area contributed by atoms with Crippen LogP contribution in [0.5, 0.6) is 0 Å². The van der Waals surface area contributed by atoms with Crippen molar-refractivity contribution in [1.82, 2.24) is 10.2 Å². The molecule has 3 heterocycles. The van der Waals surface area contributed by atoms with Crippen LogP contribution in [0.3, 0.4) is 0 Å². The number of nitrogens with zero attached hydrogens (tertiary/aromatic N) is 1. The van der Waals surface area contributed by atoms with Crippen LogP contribution in [0.1, 0.15) is 0 Å². The lowest BCUT2D eigenvalue weighted by atomic mass is 10.1. The third kappa shape index (κ3) is 2.82. The Morgan fingerprint density at radius 2 is 2.12 bits per heavy atom. The number of thiophene rings is 1. The number of carboxylic acids is 1. The van der Waals surface area contributed by atoms with E-state index in [4.69, 9.17) is 5.11 Å². The van der Waals surface area contributed by atoms with Crippen molar-refractivity contribution in [2.75, 3.05) is 17.6 Å². The number of hydrogen-bond donors (Lipinski definition) is 3. The van der Waals surface area contributed by atoms with E-state index in [0.717, 1.165) is 15.8 Å². The van der Waals surface area contributed by atoms with Gasteiger partial charge in [-0.3, -0.25) is 14.5 Å². The van der Waals surface area contributed by atoms with Gasteiger partial charge >= 0.3 is 5.97 Å². The molecule has 3 N–H and O–H groups in total. The summed E-state index contributed by atoms with van der Waals surface area (Å²) in [5, 5.41) is 17.6. The largest absolute Gasteiger partial charge is 0.477 e. The molecule has 1 aromatic carbocycles. The molecule has 0 saturated carbocycles. The summed E-state index contributed by atoms with van der Waals surface area (Å²) in [5.41, 5.74) is 0.873. The number of hydrogen-bond acceptors (Lipinski definition) is 6. The molecule has 2 aliphatic rings. The van der Waals surface area contributed by atoms with Gasteiger partial charge < -0.3 is 15.7 Å². The lowest BCUT2D eigenvalue weighted by Crippen LogP contribution is -2.70. The fourth-order valence-corrected chi connectivity index (χ4v) is 5.16. The zero-order valence-electron chi connectivity index (χ0n) is 13.5. The Bertz CT molecular complexity index is 939. The van der Waals surface area contributed by atoms with Gasteiger partial charge in [-0.05, 0) is 12.1 Å². The summed E-state index contributed by atoms with van der Waals surface area (Å²) in [6.45, 7) is 0.0452. The van der Waals surface area contributed by atoms with Crippen molar-refractivity contribution in [1.29, 1.82) is 0 Å². The van der Waals surface area contributed by atoms with Crippen molar-refractivity contribution in [3.8, 4) is 0 Å². The molecule has 134 valence electrons. The molecule has 0 spiro atoms. The van der Waals surface area contributed by atoms with Gasteiger partial charge in [-0.1, -0.05) is 18.2 Å². The first-order chi connectivity index (χ1) is 12.6. The number of carbonyl (C=O) groups is 3. The molecule has 1 unspecified atom stereocenters. The first-order valence-corrected chi connectivity index (χ1v) is 9.86. The normalized spacial score (nSPS) is 21.6. The van der Waals surface area contributed by atoms with E-state index in [1.165, 1.54) is 22.7 Å². The molecule has 1 fully saturated rings. The van der Waals surface area contributed by atoms with Gasteiger partial charge in [-0.2, -0.15) is 0 Å². The molecule has 4 rings (SSSR count). The summed E-state index contributed by atoms with van der Waals surface area (Å²) in [6, 6.07) is 7.22. The summed E-state index contributed by atoms with van der Waals surface area (Å²) in [4.78, 5) is 36.9. The Kier molecular flexibility index (Phi) is 4.33. The molecular weight excluding hydrogens is 374 g/mol. The zero-order chi connectivity index (χ0) is 18.3. The average molecular weight is 389 g/mol. The maximum absolute atomic E-state index is 12.2. The monoisotopic (exact) mass is 389 g/mol. The third-order valence-corrected chi connectivity index (χ3v) is 6.45. The molecule has 2 atom stereocenters. The van der Waals surface area contributed by atoms with E-state index >= 15 is 0 Å². The second kappa shape index (κ2) is 6.65. The number of aliphatic carboxylic acids is 1. The fourth-order valence-electron chi connectivity index (χ4n) is 3.05. The lowest BCUT2D eigenvalue weighted by molar-refractivity contribution is -0.150. The summed E-state index contributed by atoms with van der Waals surface area (Å²) in [6.07, 6.45) is 1.52. The molecule has 7 nitrogen and oxygen atoms in total. The van der Waals surface area contributed by atoms with Crippen LogP contribution < -0.4 is 10.6 Å². The number of benzene rings is 1. The van der Waals surface area contributed by atoms with Crippen LogP contribution in [0.15, 0.2) is 41.4 Å². The number of thioether (sulfide) groups is 1. The number of rotatable bonds is 5. The van der Waals surface area contributed by atoms with Gasteiger partial charge in [0, 0.05) is 21.2 Å². The van der Waals surface area contributed by atoms with Crippen LogP contribution in [0.2, 0.25) is 0 Å². The van der Waals surface area contributed by atoms with Crippen molar-refractivity contribution in [3.05, 3.63) is 41.4 Å². The van der Waals surface area contributed by atoms with Gasteiger partial charge in [0.25, 0.3) is 5.91 Å². The molecule has 1 saturated heterocycles. The summed E-state index contributed by atoms with van der Waals surface area (Å²) in [7, 11) is 0. The van der Waals surface area contributed by atoms with E-state index in [-0.39, 0.29) is 29.4 Å². The molecule has 0 bridgehead atoms. The van der Waals surface area contributed by atoms with E-state index in [1.807, 2.05) is 29.6 Å². The van der Waals surface area contributed by atoms with Crippen LogP contribution in [-0.4, -0.2) is 51.5 Å². The predicted molar refractivity (Wildman–Crippen MR) is 101 cm³/mol. The summed E-state index contributed by atoms with van der Waals surface area (Å²) < 4.78 is 1.13. The first-order valence-electron chi connectivity index (χ1n) is 7.94. The maximum Gasteiger partial charge on any atom is 0.352 e. The minimum Gasteiger partial charge on any atom is -0.477 e. The molecule has 2 aromatic rings. The van der Waals surface area contributed by atoms with Gasteiger partial charge in [0.2, 0.25) is 5.91 Å². The highest BCUT2D eigenvalue weighted by Crippen LogP contribution is 2.37. The zero-order valence-corrected chi connectivity index (χ0v) is 15.1. The Labute approximate surface area is 157 Å². The first kappa shape index (κ1) is 16.9.